The van der Waals surface area contributed by atoms with Crippen molar-refractivity contribution in [2.75, 3.05) is 18.9 Å². The maximum absolute atomic E-state index is 12.4. The van der Waals surface area contributed by atoms with Gasteiger partial charge in [-0.1, -0.05) is 41.4 Å². The Bertz CT molecular complexity index is 984. The number of rotatable bonds is 6. The number of halogens is 2. The van der Waals surface area contributed by atoms with Crippen molar-refractivity contribution in [2.24, 2.45) is 0 Å². The van der Waals surface area contributed by atoms with E-state index >= 15 is 0 Å². The van der Waals surface area contributed by atoms with E-state index in [1.165, 1.54) is 4.90 Å². The van der Waals surface area contributed by atoms with E-state index in [9.17, 15) is 9.59 Å². The molecular weight excluding hydrogens is 385 g/mol. The third-order valence-electron chi connectivity index (χ3n) is 4.26. The molecule has 2 amide bonds. The Morgan fingerprint density at radius 2 is 1.85 bits per heavy atom. The highest BCUT2D eigenvalue weighted by Crippen LogP contribution is 2.25. The molecular formula is C20H19Cl2N3O2. The van der Waals surface area contributed by atoms with Crippen LogP contribution in [0.15, 0.2) is 54.7 Å². The number of benzene rings is 2. The molecule has 1 heterocycles. The minimum atomic E-state index is -0.296. The van der Waals surface area contributed by atoms with Crippen molar-refractivity contribution in [1.29, 1.82) is 0 Å². The molecule has 0 saturated carbocycles. The Labute approximate surface area is 167 Å². The molecule has 2 aromatic carbocycles. The molecule has 27 heavy (non-hydrogen) atoms. The van der Waals surface area contributed by atoms with Crippen LogP contribution in [0, 0.1) is 0 Å². The SMILES string of the molecule is CN(CC(=O)Nc1ccc(Cl)c(Cl)c1)C(=O)CCn1ccc2ccccc21. The van der Waals surface area contributed by atoms with Crippen LogP contribution in [0.1, 0.15) is 6.42 Å². The average molecular weight is 404 g/mol. The zero-order valence-corrected chi connectivity index (χ0v) is 16.3. The number of fused-ring (bicyclic) bond motifs is 1. The fourth-order valence-corrected chi connectivity index (χ4v) is 3.12. The summed E-state index contributed by atoms with van der Waals surface area (Å²) in [5.41, 5.74) is 1.62. The number of hydrogen-bond donors (Lipinski definition) is 1. The molecule has 0 radical (unpaired) electrons. The van der Waals surface area contributed by atoms with Crippen LogP contribution in [-0.4, -0.2) is 34.9 Å². The summed E-state index contributed by atoms with van der Waals surface area (Å²) in [6.07, 6.45) is 2.28. The first-order chi connectivity index (χ1) is 12.9. The van der Waals surface area contributed by atoms with E-state index in [2.05, 4.69) is 5.32 Å². The van der Waals surface area contributed by atoms with Gasteiger partial charge >= 0.3 is 0 Å². The van der Waals surface area contributed by atoms with Gasteiger partial charge in [-0.05, 0) is 35.7 Å². The summed E-state index contributed by atoms with van der Waals surface area (Å²) in [4.78, 5) is 25.9. The number of amides is 2. The average Bonchev–Trinajstić information content (AvgIpc) is 3.06. The molecule has 0 atom stereocenters. The van der Waals surface area contributed by atoms with Gasteiger partial charge in [-0.15, -0.1) is 0 Å². The first kappa shape index (κ1) is 19.3. The Kier molecular flexibility index (Phi) is 6.04. The van der Waals surface area contributed by atoms with Crippen LogP contribution in [0.2, 0.25) is 10.0 Å². The lowest BCUT2D eigenvalue weighted by Crippen LogP contribution is -2.35. The second-order valence-electron chi connectivity index (χ2n) is 6.24. The lowest BCUT2D eigenvalue weighted by molar-refractivity contribution is -0.133. The Morgan fingerprint density at radius 1 is 1.07 bits per heavy atom. The molecule has 7 heteroatoms. The summed E-state index contributed by atoms with van der Waals surface area (Å²) in [6, 6.07) is 14.9. The molecule has 0 aliphatic rings. The highest BCUT2D eigenvalue weighted by Gasteiger charge is 2.14. The van der Waals surface area contributed by atoms with Gasteiger partial charge in [-0.2, -0.15) is 0 Å². The number of nitrogens with one attached hydrogen (secondary N) is 1. The van der Waals surface area contributed by atoms with Gasteiger partial charge in [0, 0.05) is 37.4 Å². The molecule has 5 nitrogen and oxygen atoms in total. The van der Waals surface area contributed by atoms with Crippen molar-refractivity contribution in [1.82, 2.24) is 9.47 Å². The minimum absolute atomic E-state index is 0.0362. The largest absolute Gasteiger partial charge is 0.347 e. The van der Waals surface area contributed by atoms with Crippen molar-refractivity contribution in [3.8, 4) is 0 Å². The maximum Gasteiger partial charge on any atom is 0.243 e. The molecule has 0 fully saturated rings. The van der Waals surface area contributed by atoms with E-state index in [0.717, 1.165) is 10.9 Å². The number of carbonyl (C=O) groups excluding carboxylic acids is 2. The summed E-state index contributed by atoms with van der Waals surface area (Å²) in [7, 11) is 1.62. The molecule has 0 bridgehead atoms. The zero-order valence-electron chi connectivity index (χ0n) is 14.8. The highest BCUT2D eigenvalue weighted by atomic mass is 35.5. The van der Waals surface area contributed by atoms with Crippen LogP contribution in [0.4, 0.5) is 5.69 Å². The standard InChI is InChI=1S/C20H19Cl2N3O2/c1-24(13-19(26)23-15-6-7-16(21)17(22)12-15)20(27)9-11-25-10-8-14-4-2-3-5-18(14)25/h2-8,10,12H,9,11,13H2,1H3,(H,23,26). The molecule has 0 saturated heterocycles. The zero-order chi connectivity index (χ0) is 19.4. The first-order valence-corrected chi connectivity index (χ1v) is 9.22. The second kappa shape index (κ2) is 8.46. The molecule has 3 rings (SSSR count). The fourth-order valence-electron chi connectivity index (χ4n) is 2.82. The molecule has 3 aromatic rings. The number of nitrogens with zero attached hydrogens (tertiary/aromatic N) is 2. The Balaban J connectivity index is 1.52. The van der Waals surface area contributed by atoms with E-state index in [1.54, 1.807) is 25.2 Å². The molecule has 0 unspecified atom stereocenters. The van der Waals surface area contributed by atoms with Crippen molar-refractivity contribution in [3.05, 3.63) is 64.8 Å². The van der Waals surface area contributed by atoms with E-state index in [1.807, 2.05) is 41.1 Å². The summed E-state index contributed by atoms with van der Waals surface area (Å²) >= 11 is 11.8. The van der Waals surface area contributed by atoms with E-state index < -0.39 is 0 Å². The van der Waals surface area contributed by atoms with Crippen LogP contribution in [0.25, 0.3) is 10.9 Å². The van der Waals surface area contributed by atoms with Crippen molar-refractivity contribution in [3.63, 3.8) is 0 Å². The Morgan fingerprint density at radius 3 is 2.63 bits per heavy atom. The smallest absolute Gasteiger partial charge is 0.243 e. The summed E-state index contributed by atoms with van der Waals surface area (Å²) < 4.78 is 2.04. The predicted octanol–water partition coefficient (Wildman–Crippen LogP) is 4.44. The first-order valence-electron chi connectivity index (χ1n) is 8.47. The van der Waals surface area contributed by atoms with Gasteiger partial charge in [0.1, 0.15) is 0 Å². The molecule has 1 N–H and O–H groups in total. The van der Waals surface area contributed by atoms with Gasteiger partial charge in [-0.25, -0.2) is 0 Å². The van der Waals surface area contributed by atoms with Gasteiger partial charge in [0.05, 0.1) is 16.6 Å². The molecule has 0 spiro atoms. The van der Waals surface area contributed by atoms with E-state index in [0.29, 0.717) is 28.7 Å². The lowest BCUT2D eigenvalue weighted by Gasteiger charge is -2.17. The summed E-state index contributed by atoms with van der Waals surface area (Å²) in [5.74, 6) is -0.396. The Hall–Kier alpha value is -2.50. The fraction of sp³-hybridized carbons (Fsp3) is 0.200. The van der Waals surface area contributed by atoms with Gasteiger partial charge in [0.2, 0.25) is 11.8 Å². The second-order valence-corrected chi connectivity index (χ2v) is 7.06. The van der Waals surface area contributed by atoms with Gasteiger partial charge in [0.25, 0.3) is 0 Å². The van der Waals surface area contributed by atoms with E-state index in [-0.39, 0.29) is 18.4 Å². The third-order valence-corrected chi connectivity index (χ3v) is 5.00. The quantitative estimate of drug-likeness (QED) is 0.661. The third kappa shape index (κ3) is 4.81. The minimum Gasteiger partial charge on any atom is -0.347 e. The maximum atomic E-state index is 12.4. The lowest BCUT2D eigenvalue weighted by atomic mass is 10.2. The molecule has 1 aromatic heterocycles. The number of aryl methyl sites for hydroxylation is 1. The molecule has 0 aliphatic carbocycles. The van der Waals surface area contributed by atoms with Crippen LogP contribution in [-0.2, 0) is 16.1 Å². The van der Waals surface area contributed by atoms with Crippen LogP contribution in [0.5, 0.6) is 0 Å². The summed E-state index contributed by atoms with van der Waals surface area (Å²) in [5, 5.41) is 4.62. The van der Waals surface area contributed by atoms with Gasteiger partial charge < -0.3 is 14.8 Å². The van der Waals surface area contributed by atoms with Crippen LogP contribution >= 0.6 is 23.2 Å². The number of hydrogen-bond acceptors (Lipinski definition) is 2. The monoisotopic (exact) mass is 403 g/mol. The van der Waals surface area contributed by atoms with Gasteiger partial charge in [0.15, 0.2) is 0 Å². The number of para-hydroxylation sites is 1. The topological polar surface area (TPSA) is 54.3 Å². The molecule has 0 aliphatic heterocycles. The number of likely N-dealkylation sites (N-methyl/N-ethyl adjacent to an activating group) is 1. The van der Waals surface area contributed by atoms with Crippen LogP contribution < -0.4 is 5.32 Å². The number of anilines is 1. The van der Waals surface area contributed by atoms with Crippen LogP contribution in [0.3, 0.4) is 0 Å². The van der Waals surface area contributed by atoms with Crippen molar-refractivity contribution >= 4 is 51.6 Å². The number of aromatic nitrogens is 1. The van der Waals surface area contributed by atoms with Crippen molar-refractivity contribution < 1.29 is 9.59 Å². The predicted molar refractivity (Wildman–Crippen MR) is 109 cm³/mol. The van der Waals surface area contributed by atoms with Crippen molar-refractivity contribution in [2.45, 2.75) is 13.0 Å². The number of carbonyl (C=O) groups is 2. The van der Waals surface area contributed by atoms with Gasteiger partial charge in [-0.3, -0.25) is 9.59 Å². The van der Waals surface area contributed by atoms with E-state index in [4.69, 9.17) is 23.2 Å². The normalized spacial score (nSPS) is 10.8. The molecule has 140 valence electrons. The summed E-state index contributed by atoms with van der Waals surface area (Å²) in [6.45, 7) is 0.524. The highest BCUT2D eigenvalue weighted by molar-refractivity contribution is 6.42.